The van der Waals surface area contributed by atoms with Crippen molar-refractivity contribution in [3.63, 3.8) is 0 Å². The van der Waals surface area contributed by atoms with E-state index in [4.69, 9.17) is 0 Å². The summed E-state index contributed by atoms with van der Waals surface area (Å²) in [6, 6.07) is 7.92. The van der Waals surface area contributed by atoms with Gasteiger partial charge in [0.25, 0.3) is 0 Å². The quantitative estimate of drug-likeness (QED) is 0.734. The van der Waals surface area contributed by atoms with Crippen molar-refractivity contribution in [3.8, 4) is 0 Å². The van der Waals surface area contributed by atoms with Gasteiger partial charge in [0.05, 0.1) is 0 Å². The summed E-state index contributed by atoms with van der Waals surface area (Å²) in [5, 5.41) is 3.83. The van der Waals surface area contributed by atoms with Gasteiger partial charge in [0.1, 0.15) is 0 Å². The van der Waals surface area contributed by atoms with Crippen molar-refractivity contribution in [2.45, 2.75) is 50.0 Å². The monoisotopic (exact) mass is 239 g/mol. The molecular weight excluding hydrogens is 218 g/mol. The van der Waals surface area contributed by atoms with Crippen LogP contribution in [0.1, 0.15) is 42.4 Å². The molecule has 1 spiro atoms. The van der Waals surface area contributed by atoms with Crippen LogP contribution in [0.15, 0.2) is 18.2 Å². The number of hydrogen-bond donors (Lipinski definition) is 1. The molecule has 0 radical (unpaired) electrons. The van der Waals surface area contributed by atoms with Crippen LogP contribution in [0.3, 0.4) is 0 Å². The van der Waals surface area contributed by atoms with Crippen LogP contribution in [0.4, 0.5) is 0 Å². The molecule has 1 N–H and O–H groups in total. The van der Waals surface area contributed by atoms with E-state index in [-0.39, 0.29) is 0 Å². The molecule has 1 saturated carbocycles. The van der Waals surface area contributed by atoms with Crippen LogP contribution < -0.4 is 5.32 Å². The third kappa shape index (κ3) is 0.967. The molecule has 0 aromatic heterocycles. The Labute approximate surface area is 109 Å². The Balaban J connectivity index is 1.83. The molecule has 2 fully saturated rings. The molecule has 1 heterocycles. The fourth-order valence-corrected chi connectivity index (χ4v) is 6.07. The van der Waals surface area contributed by atoms with E-state index in [2.05, 4.69) is 23.5 Å². The van der Waals surface area contributed by atoms with Gasteiger partial charge in [-0.25, -0.2) is 0 Å². The summed E-state index contributed by atoms with van der Waals surface area (Å²) in [6.07, 6.45) is 8.51. The lowest BCUT2D eigenvalue weighted by atomic mass is 9.51. The van der Waals surface area contributed by atoms with E-state index in [9.17, 15) is 0 Å². The maximum atomic E-state index is 3.83. The lowest BCUT2D eigenvalue weighted by Gasteiger charge is -2.57. The molecule has 1 aromatic carbocycles. The summed E-state index contributed by atoms with van der Waals surface area (Å²) in [7, 11) is 0. The molecule has 4 aliphatic rings. The topological polar surface area (TPSA) is 12.0 Å². The lowest BCUT2D eigenvalue weighted by Crippen LogP contribution is -2.61. The van der Waals surface area contributed by atoms with E-state index in [1.807, 2.05) is 5.56 Å². The van der Waals surface area contributed by atoms with Crippen LogP contribution in [0, 0.1) is 11.8 Å². The minimum atomic E-state index is 0.596. The number of benzene rings is 1. The molecule has 1 nitrogen and oxygen atoms in total. The number of piperidine rings is 1. The largest absolute Gasteiger partial charge is 0.313 e. The summed E-state index contributed by atoms with van der Waals surface area (Å²) in [6.45, 7) is 1.26. The van der Waals surface area contributed by atoms with Crippen molar-refractivity contribution in [3.05, 3.63) is 34.9 Å². The predicted octanol–water partition coefficient (Wildman–Crippen LogP) is 2.81. The molecule has 1 unspecified atom stereocenters. The second-order valence-corrected chi connectivity index (χ2v) is 6.94. The first-order chi connectivity index (χ1) is 8.89. The van der Waals surface area contributed by atoms with Gasteiger partial charge < -0.3 is 5.32 Å². The number of rotatable bonds is 0. The van der Waals surface area contributed by atoms with Gasteiger partial charge >= 0.3 is 0 Å². The highest BCUT2D eigenvalue weighted by molar-refractivity contribution is 5.51. The van der Waals surface area contributed by atoms with Gasteiger partial charge in [-0.2, -0.15) is 0 Å². The fourth-order valence-electron chi connectivity index (χ4n) is 6.07. The summed E-state index contributed by atoms with van der Waals surface area (Å²) < 4.78 is 0. The molecule has 1 aromatic rings. The maximum absolute atomic E-state index is 3.83. The Morgan fingerprint density at radius 2 is 2.00 bits per heavy atom. The van der Waals surface area contributed by atoms with E-state index in [1.165, 1.54) is 45.1 Å². The van der Waals surface area contributed by atoms with Gasteiger partial charge in [0.15, 0.2) is 0 Å². The molecule has 5 rings (SSSR count). The van der Waals surface area contributed by atoms with Crippen molar-refractivity contribution in [2.75, 3.05) is 6.54 Å². The van der Waals surface area contributed by atoms with Crippen LogP contribution in [0.2, 0.25) is 0 Å². The number of hydrogen-bond acceptors (Lipinski definition) is 1. The van der Waals surface area contributed by atoms with Crippen LogP contribution in [-0.2, 0) is 18.3 Å². The van der Waals surface area contributed by atoms with Gasteiger partial charge in [-0.1, -0.05) is 24.6 Å². The standard InChI is InChI=1S/C17H21N/c1-3-11-9-13-5-2-6-14-15-10-12(4-1)16(11)17(13,14)7-8-18-15/h1,3-4,13-15,18H,2,5-10H2/t13-,14?,15-,17+/m1/s1. The summed E-state index contributed by atoms with van der Waals surface area (Å²) >= 11 is 0. The van der Waals surface area contributed by atoms with Gasteiger partial charge in [-0.15, -0.1) is 0 Å². The second kappa shape index (κ2) is 3.19. The van der Waals surface area contributed by atoms with E-state index in [0.717, 1.165) is 17.9 Å². The third-order valence-corrected chi connectivity index (χ3v) is 6.50. The maximum Gasteiger partial charge on any atom is 0.0144 e. The Morgan fingerprint density at radius 1 is 1.11 bits per heavy atom. The molecule has 2 bridgehead atoms. The Hall–Kier alpha value is -0.820. The van der Waals surface area contributed by atoms with E-state index in [1.54, 1.807) is 11.1 Å². The Morgan fingerprint density at radius 3 is 2.94 bits per heavy atom. The second-order valence-electron chi connectivity index (χ2n) is 6.94. The van der Waals surface area contributed by atoms with Crippen LogP contribution in [0.25, 0.3) is 0 Å². The fraction of sp³-hybridized carbons (Fsp3) is 0.647. The average molecular weight is 239 g/mol. The Kier molecular flexibility index (Phi) is 1.78. The summed E-state index contributed by atoms with van der Waals surface area (Å²) in [4.78, 5) is 0. The minimum Gasteiger partial charge on any atom is -0.313 e. The lowest BCUT2D eigenvalue weighted by molar-refractivity contribution is 0.0400. The minimum absolute atomic E-state index is 0.596. The van der Waals surface area contributed by atoms with Crippen molar-refractivity contribution in [2.24, 2.45) is 11.8 Å². The number of nitrogens with one attached hydrogen (secondary N) is 1. The first kappa shape index (κ1) is 10.0. The zero-order chi connectivity index (χ0) is 11.7. The molecule has 3 aliphatic carbocycles. The van der Waals surface area contributed by atoms with Crippen molar-refractivity contribution in [1.82, 2.24) is 5.32 Å². The zero-order valence-electron chi connectivity index (χ0n) is 10.9. The van der Waals surface area contributed by atoms with Crippen LogP contribution in [-0.4, -0.2) is 12.6 Å². The van der Waals surface area contributed by atoms with Crippen LogP contribution in [0.5, 0.6) is 0 Å². The van der Waals surface area contributed by atoms with Gasteiger partial charge in [-0.05, 0) is 67.2 Å². The molecule has 1 heteroatoms. The Bertz CT molecular complexity index is 520. The molecular formula is C17H21N. The van der Waals surface area contributed by atoms with Crippen molar-refractivity contribution in [1.29, 1.82) is 0 Å². The van der Waals surface area contributed by atoms with E-state index in [0.29, 0.717) is 5.41 Å². The summed E-state index contributed by atoms with van der Waals surface area (Å²) in [5.74, 6) is 1.92. The zero-order valence-corrected chi connectivity index (χ0v) is 10.9. The highest BCUT2D eigenvalue weighted by Crippen LogP contribution is 2.61. The van der Waals surface area contributed by atoms with Crippen molar-refractivity contribution < 1.29 is 0 Å². The molecule has 18 heavy (non-hydrogen) atoms. The van der Waals surface area contributed by atoms with Gasteiger partial charge in [0.2, 0.25) is 0 Å². The van der Waals surface area contributed by atoms with E-state index >= 15 is 0 Å². The van der Waals surface area contributed by atoms with E-state index < -0.39 is 0 Å². The first-order valence-electron chi connectivity index (χ1n) is 7.74. The smallest absolute Gasteiger partial charge is 0.0144 e. The average Bonchev–Trinajstić information content (AvgIpc) is 2.70. The van der Waals surface area contributed by atoms with Gasteiger partial charge in [-0.3, -0.25) is 0 Å². The first-order valence-corrected chi connectivity index (χ1v) is 7.74. The summed E-state index contributed by atoms with van der Waals surface area (Å²) in [5.41, 5.74) is 5.82. The normalized spacial score (nSPS) is 43.7. The van der Waals surface area contributed by atoms with Crippen LogP contribution >= 0.6 is 0 Å². The molecule has 0 amide bonds. The third-order valence-electron chi connectivity index (χ3n) is 6.50. The van der Waals surface area contributed by atoms with Gasteiger partial charge in [0, 0.05) is 11.5 Å². The molecule has 1 aliphatic heterocycles. The van der Waals surface area contributed by atoms with Crippen molar-refractivity contribution >= 4 is 0 Å². The molecule has 1 saturated heterocycles. The highest BCUT2D eigenvalue weighted by Gasteiger charge is 2.59. The highest BCUT2D eigenvalue weighted by atomic mass is 15.0. The molecule has 94 valence electrons. The molecule has 4 atom stereocenters. The SMILES string of the molecule is c1cc2c3c(c1)C[C@H]1NCC[C@]34C1CCC[C@@H]4C2. The predicted molar refractivity (Wildman–Crippen MR) is 72.8 cm³/mol.